The second kappa shape index (κ2) is 5.30. The van der Waals surface area contributed by atoms with E-state index in [4.69, 9.17) is 9.47 Å². The Hall–Kier alpha value is -1.90. The topological polar surface area (TPSA) is 18.5 Å². The first-order valence-electron chi connectivity index (χ1n) is 8.89. The zero-order chi connectivity index (χ0) is 16.0. The molecule has 2 aliphatic carbocycles. The van der Waals surface area contributed by atoms with Gasteiger partial charge in [-0.3, -0.25) is 0 Å². The minimum Gasteiger partial charge on any atom is -0.347 e. The molecule has 0 bridgehead atoms. The Morgan fingerprint density at radius 1 is 0.708 bits per heavy atom. The van der Waals surface area contributed by atoms with Crippen LogP contribution in [0.15, 0.2) is 66.2 Å². The fraction of sp³-hybridized carbons (Fsp3) is 0.364. The molecule has 0 amide bonds. The molecule has 5 rings (SSSR count). The van der Waals surface area contributed by atoms with Crippen LogP contribution in [0.2, 0.25) is 0 Å². The summed E-state index contributed by atoms with van der Waals surface area (Å²) < 4.78 is 11.7. The molecule has 0 atom stereocenters. The van der Waals surface area contributed by atoms with E-state index >= 15 is 0 Å². The molecule has 2 saturated carbocycles. The van der Waals surface area contributed by atoms with Crippen molar-refractivity contribution in [2.24, 2.45) is 5.41 Å². The van der Waals surface area contributed by atoms with Gasteiger partial charge in [0.1, 0.15) is 0 Å². The van der Waals surface area contributed by atoms with Gasteiger partial charge >= 0.3 is 0 Å². The van der Waals surface area contributed by atoms with Crippen molar-refractivity contribution in [2.75, 3.05) is 13.2 Å². The maximum absolute atomic E-state index is 5.83. The van der Waals surface area contributed by atoms with Crippen LogP contribution in [-0.4, -0.2) is 19.0 Å². The molecule has 0 unspecified atom stereocenters. The normalized spacial score (nSPS) is 23.1. The first kappa shape index (κ1) is 14.4. The van der Waals surface area contributed by atoms with Gasteiger partial charge < -0.3 is 9.47 Å². The largest absolute Gasteiger partial charge is 0.347 e. The quantitative estimate of drug-likeness (QED) is 0.791. The Morgan fingerprint density at radius 3 is 1.71 bits per heavy atom. The highest BCUT2D eigenvalue weighted by Crippen LogP contribution is 2.66. The SMILES string of the molecule is c1ccc(C(=C2CC3(C2)CC2(C3)OCCO2)c2ccccc2)cc1. The average Bonchev–Trinajstić information content (AvgIpc) is 3.04. The van der Waals surface area contributed by atoms with Crippen LogP contribution in [0.5, 0.6) is 0 Å². The van der Waals surface area contributed by atoms with Crippen molar-refractivity contribution < 1.29 is 9.47 Å². The maximum Gasteiger partial charge on any atom is 0.169 e. The van der Waals surface area contributed by atoms with Gasteiger partial charge in [0.05, 0.1) is 13.2 Å². The number of benzene rings is 2. The molecule has 0 radical (unpaired) electrons. The molecule has 1 aliphatic heterocycles. The van der Waals surface area contributed by atoms with E-state index in [0.717, 1.165) is 26.1 Å². The molecule has 1 saturated heterocycles. The molecule has 2 nitrogen and oxygen atoms in total. The Morgan fingerprint density at radius 2 is 1.21 bits per heavy atom. The van der Waals surface area contributed by atoms with Crippen LogP contribution in [0.3, 0.4) is 0 Å². The standard InChI is InChI=1S/C22H22O2/c1-3-7-17(8-4-1)20(18-9-5-2-6-10-18)19-13-21(14-19)15-22(16-21)23-11-12-24-22/h1-10H,11-16H2. The Balaban J connectivity index is 1.45. The van der Waals surface area contributed by atoms with Gasteiger partial charge in [0, 0.05) is 12.8 Å². The number of ether oxygens (including phenoxy) is 2. The number of allylic oxidation sites excluding steroid dienone is 1. The molecular formula is C22H22O2. The molecule has 2 aromatic rings. The monoisotopic (exact) mass is 318 g/mol. The van der Waals surface area contributed by atoms with Crippen LogP contribution in [0.1, 0.15) is 36.8 Å². The van der Waals surface area contributed by atoms with E-state index in [1.165, 1.54) is 29.5 Å². The number of rotatable bonds is 2. The van der Waals surface area contributed by atoms with Crippen LogP contribution in [0, 0.1) is 5.41 Å². The van der Waals surface area contributed by atoms with Crippen LogP contribution in [0.25, 0.3) is 5.57 Å². The summed E-state index contributed by atoms with van der Waals surface area (Å²) in [5, 5.41) is 0. The van der Waals surface area contributed by atoms with Gasteiger partial charge in [-0.1, -0.05) is 66.2 Å². The van der Waals surface area contributed by atoms with Crippen molar-refractivity contribution in [1.82, 2.24) is 0 Å². The summed E-state index contributed by atoms with van der Waals surface area (Å²) >= 11 is 0. The summed E-state index contributed by atoms with van der Waals surface area (Å²) in [5.41, 5.74) is 6.09. The molecule has 2 spiro atoms. The highest BCUT2D eigenvalue weighted by Gasteiger charge is 2.62. The van der Waals surface area contributed by atoms with Gasteiger partial charge in [-0.05, 0) is 35.0 Å². The number of hydrogen-bond acceptors (Lipinski definition) is 2. The minimum absolute atomic E-state index is 0.231. The third-order valence-corrected chi connectivity index (χ3v) is 5.76. The summed E-state index contributed by atoms with van der Waals surface area (Å²) in [5.74, 6) is -0.231. The molecular weight excluding hydrogens is 296 g/mol. The van der Waals surface area contributed by atoms with Gasteiger partial charge in [0.25, 0.3) is 0 Å². The van der Waals surface area contributed by atoms with E-state index in [1.54, 1.807) is 5.57 Å². The smallest absolute Gasteiger partial charge is 0.169 e. The lowest BCUT2D eigenvalue weighted by atomic mass is 9.50. The fourth-order valence-corrected chi connectivity index (χ4v) is 4.86. The molecule has 0 aromatic heterocycles. The van der Waals surface area contributed by atoms with E-state index in [9.17, 15) is 0 Å². The maximum atomic E-state index is 5.83. The van der Waals surface area contributed by atoms with Gasteiger partial charge in [0.15, 0.2) is 5.79 Å². The Labute approximate surface area is 143 Å². The van der Waals surface area contributed by atoms with Crippen molar-refractivity contribution in [1.29, 1.82) is 0 Å². The van der Waals surface area contributed by atoms with E-state index in [2.05, 4.69) is 60.7 Å². The molecule has 24 heavy (non-hydrogen) atoms. The van der Waals surface area contributed by atoms with Gasteiger partial charge in [-0.25, -0.2) is 0 Å². The lowest BCUT2D eigenvalue weighted by Gasteiger charge is -2.59. The molecule has 2 heteroatoms. The van der Waals surface area contributed by atoms with E-state index in [1.807, 2.05) is 0 Å². The van der Waals surface area contributed by atoms with E-state index in [-0.39, 0.29) is 5.79 Å². The van der Waals surface area contributed by atoms with Gasteiger partial charge in [-0.2, -0.15) is 0 Å². The van der Waals surface area contributed by atoms with Crippen LogP contribution in [-0.2, 0) is 9.47 Å². The lowest BCUT2D eigenvalue weighted by Crippen LogP contribution is -2.56. The average molecular weight is 318 g/mol. The van der Waals surface area contributed by atoms with Crippen LogP contribution >= 0.6 is 0 Å². The first-order chi connectivity index (χ1) is 11.8. The van der Waals surface area contributed by atoms with Crippen molar-refractivity contribution in [3.8, 4) is 0 Å². The van der Waals surface area contributed by atoms with Crippen molar-refractivity contribution >= 4 is 5.57 Å². The summed E-state index contributed by atoms with van der Waals surface area (Å²) in [6.07, 6.45) is 4.50. The third kappa shape index (κ3) is 2.25. The Bertz CT molecular complexity index is 711. The molecule has 2 aromatic carbocycles. The summed E-state index contributed by atoms with van der Waals surface area (Å²) in [7, 11) is 0. The third-order valence-electron chi connectivity index (χ3n) is 5.76. The highest BCUT2D eigenvalue weighted by molar-refractivity contribution is 5.83. The fourth-order valence-electron chi connectivity index (χ4n) is 4.86. The highest BCUT2D eigenvalue weighted by atomic mass is 16.7. The second-order valence-electron chi connectivity index (χ2n) is 7.53. The number of hydrogen-bond donors (Lipinski definition) is 0. The van der Waals surface area contributed by atoms with E-state index in [0.29, 0.717) is 5.41 Å². The zero-order valence-corrected chi connectivity index (χ0v) is 13.8. The van der Waals surface area contributed by atoms with E-state index < -0.39 is 0 Å². The van der Waals surface area contributed by atoms with Crippen LogP contribution < -0.4 is 0 Å². The molecule has 0 N–H and O–H groups in total. The molecule has 3 aliphatic rings. The minimum atomic E-state index is -0.231. The first-order valence-corrected chi connectivity index (χ1v) is 8.89. The van der Waals surface area contributed by atoms with Crippen molar-refractivity contribution in [3.63, 3.8) is 0 Å². The summed E-state index contributed by atoms with van der Waals surface area (Å²) in [4.78, 5) is 0. The molecule has 1 heterocycles. The molecule has 3 fully saturated rings. The van der Waals surface area contributed by atoms with Gasteiger partial charge in [-0.15, -0.1) is 0 Å². The second-order valence-corrected chi connectivity index (χ2v) is 7.53. The zero-order valence-electron chi connectivity index (χ0n) is 13.8. The lowest BCUT2D eigenvalue weighted by molar-refractivity contribution is -0.270. The van der Waals surface area contributed by atoms with Crippen molar-refractivity contribution in [3.05, 3.63) is 77.4 Å². The molecule has 122 valence electrons. The summed E-state index contributed by atoms with van der Waals surface area (Å²) in [6.45, 7) is 1.52. The predicted molar refractivity (Wildman–Crippen MR) is 94.4 cm³/mol. The van der Waals surface area contributed by atoms with Crippen molar-refractivity contribution in [2.45, 2.75) is 31.5 Å². The van der Waals surface area contributed by atoms with Crippen LogP contribution in [0.4, 0.5) is 0 Å². The predicted octanol–water partition coefficient (Wildman–Crippen LogP) is 4.81. The van der Waals surface area contributed by atoms with Gasteiger partial charge in [0.2, 0.25) is 0 Å². The Kier molecular flexibility index (Phi) is 3.19. The summed E-state index contributed by atoms with van der Waals surface area (Å²) in [6, 6.07) is 21.6.